The molecule has 0 unspecified atom stereocenters. The van der Waals surface area contributed by atoms with Crippen LogP contribution in [0.3, 0.4) is 0 Å². The van der Waals surface area contributed by atoms with Crippen LogP contribution < -0.4 is 4.43 Å². The van der Waals surface area contributed by atoms with E-state index in [2.05, 4.69) is 4.43 Å². The fourth-order valence-corrected chi connectivity index (χ4v) is 1.10. The Morgan fingerprint density at radius 3 is 1.92 bits per heavy atom. The van der Waals surface area contributed by atoms with Gasteiger partial charge in [-0.1, -0.05) is 18.2 Å². The van der Waals surface area contributed by atoms with Crippen LogP contribution in [0.4, 0.5) is 0 Å². The van der Waals surface area contributed by atoms with Crippen LogP contribution in [0.2, 0.25) is 0 Å². The molecule has 1 rings (SSSR count). The first kappa shape index (κ1) is 13.2. The minimum atomic E-state index is -4.40. The van der Waals surface area contributed by atoms with Gasteiger partial charge in [0.15, 0.2) is 0 Å². The Morgan fingerprint density at radius 1 is 1.00 bits per heavy atom. The van der Waals surface area contributed by atoms with Crippen LogP contribution in [0.15, 0.2) is 30.3 Å². The zero-order chi connectivity index (χ0) is 8.32. The minimum absolute atomic E-state index is 0. The Hall–Kier alpha value is 1.17. The van der Waals surface area contributed by atoms with Crippen molar-refractivity contribution in [1.82, 2.24) is 0 Å². The summed E-state index contributed by atoms with van der Waals surface area (Å²) in [5.74, 6) is 0.242. The normalized spacial score (nSPS) is 10.2. The summed E-state index contributed by atoms with van der Waals surface area (Å²) in [6.45, 7) is 0. The van der Waals surface area contributed by atoms with Crippen molar-refractivity contribution in [3.8, 4) is 5.75 Å². The average Bonchev–Trinajstić information content (AvgIpc) is 1.85. The number of rotatable bonds is 2. The van der Waals surface area contributed by atoms with E-state index in [0.29, 0.717) is 0 Å². The predicted octanol–water partition coefficient (Wildman–Crippen LogP) is -1.17. The van der Waals surface area contributed by atoms with Gasteiger partial charge in [0, 0.05) is 0 Å². The zero-order valence-corrected chi connectivity index (χ0v) is 6.64. The van der Waals surface area contributed by atoms with Gasteiger partial charge in [-0.15, -0.1) is 0 Å². The first-order valence-electron chi connectivity index (χ1n) is 2.99. The Balaban J connectivity index is 0.00000121. The maximum atomic E-state index is 8.50. The Bertz CT molecular complexity index is 223. The van der Waals surface area contributed by atoms with Gasteiger partial charge in [-0.3, -0.25) is 0 Å². The van der Waals surface area contributed by atoms with E-state index in [0.717, 1.165) is 0 Å². The van der Waals surface area contributed by atoms with E-state index >= 15 is 0 Å². The monoisotopic (exact) mass is 306 g/mol. The first-order chi connectivity index (χ1) is 5.08. The molecule has 1 aromatic carbocycles. The molecule has 0 radical (unpaired) electrons. The molecule has 62 valence electrons. The SMILES string of the molecule is O[Si](O)(O)Oc1ccccc1.[CsH]. The molecule has 0 fully saturated rings. The summed E-state index contributed by atoms with van der Waals surface area (Å²) in [5.41, 5.74) is 0. The Morgan fingerprint density at radius 2 is 1.50 bits per heavy atom. The van der Waals surface area contributed by atoms with E-state index in [1.807, 2.05) is 0 Å². The molecule has 6 heteroatoms. The van der Waals surface area contributed by atoms with E-state index in [4.69, 9.17) is 14.4 Å². The molecule has 0 aliphatic rings. The standard InChI is InChI=1S/C6H8O4Si.Cs.H/c7-11(8,9)10-6-4-2-1-3-5-6;;/h1-5,7-9H;;. The molecule has 1 aromatic rings. The van der Waals surface area contributed by atoms with Crippen molar-refractivity contribution in [2.75, 3.05) is 0 Å². The predicted molar refractivity (Wildman–Crippen MR) is 46.6 cm³/mol. The number of hydrogen-bond acceptors (Lipinski definition) is 4. The summed E-state index contributed by atoms with van der Waals surface area (Å²) in [6.07, 6.45) is 0. The summed E-state index contributed by atoms with van der Waals surface area (Å²) >= 11 is 0. The average molecular weight is 306 g/mol. The second-order valence-electron chi connectivity index (χ2n) is 1.99. The molecular weight excluding hydrogens is 297 g/mol. The van der Waals surface area contributed by atoms with Crippen LogP contribution in [0.5, 0.6) is 5.75 Å². The van der Waals surface area contributed by atoms with Crippen LogP contribution in [0.25, 0.3) is 0 Å². The van der Waals surface area contributed by atoms with Crippen molar-refractivity contribution < 1.29 is 18.8 Å². The molecule has 0 aliphatic carbocycles. The van der Waals surface area contributed by atoms with Gasteiger partial charge >= 0.3 is 77.9 Å². The molecule has 0 heterocycles. The molecule has 0 aliphatic heterocycles. The van der Waals surface area contributed by atoms with Gasteiger partial charge in [-0.2, -0.15) is 0 Å². The molecule has 3 N–H and O–H groups in total. The molecule has 0 spiro atoms. The second-order valence-corrected chi connectivity index (χ2v) is 3.34. The third-order valence-electron chi connectivity index (χ3n) is 0.998. The van der Waals surface area contributed by atoms with E-state index in [9.17, 15) is 0 Å². The number of hydrogen-bond donors (Lipinski definition) is 3. The molecule has 0 amide bonds. The van der Waals surface area contributed by atoms with Gasteiger partial charge < -0.3 is 18.8 Å². The van der Waals surface area contributed by atoms with Gasteiger partial charge in [-0.25, -0.2) is 0 Å². The van der Waals surface area contributed by atoms with Crippen LogP contribution in [-0.2, 0) is 0 Å². The van der Waals surface area contributed by atoms with Gasteiger partial charge in [0.05, 0.1) is 0 Å². The molecule has 12 heavy (non-hydrogen) atoms. The number of benzene rings is 1. The summed E-state index contributed by atoms with van der Waals surface area (Å²) < 4.78 is 4.41. The van der Waals surface area contributed by atoms with Crippen molar-refractivity contribution in [2.45, 2.75) is 0 Å². The van der Waals surface area contributed by atoms with Crippen molar-refractivity contribution in [1.29, 1.82) is 0 Å². The van der Waals surface area contributed by atoms with Crippen LogP contribution in [0.1, 0.15) is 0 Å². The molecule has 4 nitrogen and oxygen atoms in total. The van der Waals surface area contributed by atoms with E-state index in [1.165, 1.54) is 12.1 Å². The van der Waals surface area contributed by atoms with Crippen LogP contribution >= 0.6 is 0 Å². The van der Waals surface area contributed by atoms with Gasteiger partial charge in [0.1, 0.15) is 5.75 Å². The molecule has 0 bridgehead atoms. The quantitative estimate of drug-likeness (QED) is 0.602. The third kappa shape index (κ3) is 5.75. The first-order valence-corrected chi connectivity index (χ1v) is 4.74. The molecule has 0 aromatic heterocycles. The molecular formula is C6H9CsO4Si. The van der Waals surface area contributed by atoms with Crippen molar-refractivity contribution in [2.24, 2.45) is 0 Å². The maximum absolute atomic E-state index is 8.50. The molecule has 0 saturated heterocycles. The van der Waals surface area contributed by atoms with Crippen LogP contribution in [-0.4, -0.2) is 92.3 Å². The van der Waals surface area contributed by atoms with Gasteiger partial charge in [0.2, 0.25) is 0 Å². The van der Waals surface area contributed by atoms with Crippen molar-refractivity contribution in [3.05, 3.63) is 30.3 Å². The third-order valence-corrected chi connectivity index (χ3v) is 1.51. The van der Waals surface area contributed by atoms with E-state index in [-0.39, 0.29) is 74.6 Å². The molecule has 0 saturated carbocycles. The fraction of sp³-hybridized carbons (Fsp3) is 0. The molecule has 0 atom stereocenters. The number of para-hydroxylation sites is 1. The van der Waals surface area contributed by atoms with Gasteiger partial charge in [-0.05, 0) is 12.1 Å². The Labute approximate surface area is 130 Å². The second kappa shape index (κ2) is 5.81. The fourth-order valence-electron chi connectivity index (χ4n) is 0.647. The van der Waals surface area contributed by atoms with E-state index in [1.54, 1.807) is 18.2 Å². The van der Waals surface area contributed by atoms with E-state index < -0.39 is 9.05 Å². The summed E-state index contributed by atoms with van der Waals surface area (Å²) in [5, 5.41) is 0. The van der Waals surface area contributed by atoms with Crippen molar-refractivity contribution in [3.63, 3.8) is 0 Å². The summed E-state index contributed by atoms with van der Waals surface area (Å²) in [4.78, 5) is 25.5. The van der Waals surface area contributed by atoms with Crippen molar-refractivity contribution >= 4 is 77.9 Å². The van der Waals surface area contributed by atoms with Gasteiger partial charge in [0.25, 0.3) is 0 Å². The summed E-state index contributed by atoms with van der Waals surface area (Å²) in [7, 11) is -4.40. The van der Waals surface area contributed by atoms with Crippen LogP contribution in [0, 0.1) is 0 Å². The zero-order valence-electron chi connectivity index (χ0n) is 5.64. The Kier molecular flexibility index (Phi) is 6.37. The topological polar surface area (TPSA) is 69.9 Å². The summed E-state index contributed by atoms with van der Waals surface area (Å²) in [6, 6.07) is 8.11.